The van der Waals surface area contributed by atoms with Crippen LogP contribution in [0.1, 0.15) is 21.1 Å². The normalized spacial score (nSPS) is 10.4. The van der Waals surface area contributed by atoms with Crippen molar-refractivity contribution in [2.45, 2.75) is 26.9 Å². The number of carbonyl (C=O) groups is 1. The first-order valence-electron chi connectivity index (χ1n) is 6.76. The number of amides is 2. The van der Waals surface area contributed by atoms with Gasteiger partial charge in [-0.15, -0.1) is 11.3 Å². The van der Waals surface area contributed by atoms with Gasteiger partial charge in [0.05, 0.1) is 24.4 Å². The van der Waals surface area contributed by atoms with E-state index in [-0.39, 0.29) is 6.03 Å². The monoisotopic (exact) mass is 339 g/mol. The first kappa shape index (κ1) is 16.6. The summed E-state index contributed by atoms with van der Waals surface area (Å²) in [6.07, 6.45) is 0. The van der Waals surface area contributed by atoms with Crippen molar-refractivity contribution in [2.75, 3.05) is 7.11 Å². The average Bonchev–Trinajstić information content (AvgIpc) is 2.81. The zero-order valence-electron chi connectivity index (χ0n) is 12.7. The SMILES string of the molecule is COc1ccc(Cl)cc1CNC(=O)NCc1nc(C)sc1C. The molecule has 0 bridgehead atoms. The molecule has 7 heteroatoms. The van der Waals surface area contributed by atoms with E-state index in [0.717, 1.165) is 21.1 Å². The summed E-state index contributed by atoms with van der Waals surface area (Å²) >= 11 is 7.58. The molecule has 0 fully saturated rings. The van der Waals surface area contributed by atoms with E-state index in [0.29, 0.717) is 23.9 Å². The number of thiazole rings is 1. The molecule has 1 aromatic carbocycles. The number of hydrogen-bond donors (Lipinski definition) is 2. The van der Waals surface area contributed by atoms with E-state index in [2.05, 4.69) is 15.6 Å². The number of methoxy groups -OCH3 is 1. The van der Waals surface area contributed by atoms with E-state index in [1.165, 1.54) is 0 Å². The number of benzene rings is 1. The fraction of sp³-hybridized carbons (Fsp3) is 0.333. The fourth-order valence-corrected chi connectivity index (χ4v) is 3.05. The van der Waals surface area contributed by atoms with Crippen LogP contribution in [0, 0.1) is 13.8 Å². The van der Waals surface area contributed by atoms with Gasteiger partial charge in [-0.1, -0.05) is 11.6 Å². The van der Waals surface area contributed by atoms with Crippen molar-refractivity contribution >= 4 is 29.0 Å². The van der Waals surface area contributed by atoms with Gasteiger partial charge in [-0.25, -0.2) is 9.78 Å². The Morgan fingerprint density at radius 3 is 2.68 bits per heavy atom. The molecule has 0 radical (unpaired) electrons. The number of aryl methyl sites for hydroxylation is 2. The molecule has 0 aliphatic carbocycles. The first-order chi connectivity index (χ1) is 10.5. The van der Waals surface area contributed by atoms with E-state index in [9.17, 15) is 4.79 Å². The number of hydrogen-bond acceptors (Lipinski definition) is 4. The summed E-state index contributed by atoms with van der Waals surface area (Å²) in [4.78, 5) is 17.4. The van der Waals surface area contributed by atoms with Crippen molar-refractivity contribution in [2.24, 2.45) is 0 Å². The summed E-state index contributed by atoms with van der Waals surface area (Å²) in [6.45, 7) is 4.70. The lowest BCUT2D eigenvalue weighted by Gasteiger charge is -2.11. The second kappa shape index (κ2) is 7.47. The van der Waals surface area contributed by atoms with Crippen LogP contribution in [0.3, 0.4) is 0 Å². The summed E-state index contributed by atoms with van der Waals surface area (Å²) < 4.78 is 5.24. The Kier molecular flexibility index (Phi) is 5.63. The van der Waals surface area contributed by atoms with E-state index >= 15 is 0 Å². The van der Waals surface area contributed by atoms with Crippen LogP contribution in [0.2, 0.25) is 5.02 Å². The Balaban J connectivity index is 1.88. The predicted molar refractivity (Wildman–Crippen MR) is 88.7 cm³/mol. The molecule has 0 aliphatic heterocycles. The summed E-state index contributed by atoms with van der Waals surface area (Å²) in [5, 5.41) is 7.18. The smallest absolute Gasteiger partial charge is 0.315 e. The third kappa shape index (κ3) is 4.35. The molecule has 1 heterocycles. The third-order valence-corrected chi connectivity index (χ3v) is 4.26. The minimum absolute atomic E-state index is 0.257. The van der Waals surface area contributed by atoms with Crippen LogP contribution in [0.5, 0.6) is 5.75 Å². The highest BCUT2D eigenvalue weighted by Gasteiger charge is 2.08. The molecule has 2 aromatic rings. The predicted octanol–water partition coefficient (Wildman–Crippen LogP) is 3.42. The summed E-state index contributed by atoms with van der Waals surface area (Å²) in [7, 11) is 1.58. The van der Waals surface area contributed by atoms with E-state index in [1.54, 1.807) is 36.6 Å². The maximum Gasteiger partial charge on any atom is 0.315 e. The van der Waals surface area contributed by atoms with Crippen LogP contribution in [0.4, 0.5) is 4.79 Å². The molecule has 1 aromatic heterocycles. The van der Waals surface area contributed by atoms with Gasteiger partial charge in [-0.3, -0.25) is 0 Å². The number of ether oxygens (including phenoxy) is 1. The van der Waals surface area contributed by atoms with Gasteiger partial charge < -0.3 is 15.4 Å². The standard InChI is InChI=1S/C15H18ClN3O2S/c1-9-13(19-10(2)22-9)8-18-15(20)17-7-11-6-12(16)4-5-14(11)21-3/h4-6H,7-8H2,1-3H3,(H2,17,18,20). The summed E-state index contributed by atoms with van der Waals surface area (Å²) in [6, 6.07) is 5.04. The topological polar surface area (TPSA) is 63.2 Å². The average molecular weight is 340 g/mol. The molecule has 2 amide bonds. The van der Waals surface area contributed by atoms with Gasteiger partial charge in [-0.2, -0.15) is 0 Å². The Hall–Kier alpha value is -1.79. The number of rotatable bonds is 5. The molecule has 5 nitrogen and oxygen atoms in total. The van der Waals surface area contributed by atoms with E-state index in [1.807, 2.05) is 13.8 Å². The Labute approximate surface area is 138 Å². The van der Waals surface area contributed by atoms with Gasteiger partial charge in [0.25, 0.3) is 0 Å². The summed E-state index contributed by atoms with van der Waals surface area (Å²) in [5.41, 5.74) is 1.73. The van der Waals surface area contributed by atoms with Crippen molar-refractivity contribution in [3.63, 3.8) is 0 Å². The molecule has 0 saturated carbocycles. The number of urea groups is 1. The number of aromatic nitrogens is 1. The molecular weight excluding hydrogens is 322 g/mol. The van der Waals surface area contributed by atoms with Crippen LogP contribution >= 0.6 is 22.9 Å². The molecule has 118 valence electrons. The highest BCUT2D eigenvalue weighted by Crippen LogP contribution is 2.22. The Morgan fingerprint density at radius 2 is 2.05 bits per heavy atom. The second-order valence-electron chi connectivity index (χ2n) is 4.73. The van der Waals surface area contributed by atoms with Crippen molar-refractivity contribution in [3.05, 3.63) is 44.4 Å². The molecule has 0 saturated heterocycles. The van der Waals surface area contributed by atoms with Crippen LogP contribution in [0.15, 0.2) is 18.2 Å². The van der Waals surface area contributed by atoms with E-state index < -0.39 is 0 Å². The van der Waals surface area contributed by atoms with Gasteiger partial charge in [0, 0.05) is 22.0 Å². The molecule has 2 rings (SSSR count). The van der Waals surface area contributed by atoms with Crippen LogP contribution in [-0.2, 0) is 13.1 Å². The molecule has 0 spiro atoms. The summed E-state index contributed by atoms with van der Waals surface area (Å²) in [5.74, 6) is 0.690. The lowest BCUT2D eigenvalue weighted by molar-refractivity contribution is 0.240. The quantitative estimate of drug-likeness (QED) is 0.877. The van der Waals surface area contributed by atoms with Gasteiger partial charge in [0.15, 0.2) is 0 Å². The lowest BCUT2D eigenvalue weighted by atomic mass is 10.2. The van der Waals surface area contributed by atoms with Gasteiger partial charge in [-0.05, 0) is 32.0 Å². The highest BCUT2D eigenvalue weighted by atomic mass is 35.5. The minimum atomic E-state index is -0.257. The minimum Gasteiger partial charge on any atom is -0.496 e. The zero-order chi connectivity index (χ0) is 16.1. The van der Waals surface area contributed by atoms with E-state index in [4.69, 9.17) is 16.3 Å². The van der Waals surface area contributed by atoms with Gasteiger partial charge in [0.2, 0.25) is 0 Å². The maximum atomic E-state index is 11.9. The number of halogens is 1. The van der Waals surface area contributed by atoms with Crippen LogP contribution in [-0.4, -0.2) is 18.1 Å². The number of nitrogens with one attached hydrogen (secondary N) is 2. The second-order valence-corrected chi connectivity index (χ2v) is 6.57. The molecular formula is C15H18ClN3O2S. The van der Waals surface area contributed by atoms with Crippen molar-refractivity contribution < 1.29 is 9.53 Å². The fourth-order valence-electron chi connectivity index (χ4n) is 2.02. The van der Waals surface area contributed by atoms with Crippen molar-refractivity contribution in [1.29, 1.82) is 0 Å². The van der Waals surface area contributed by atoms with Crippen LogP contribution < -0.4 is 15.4 Å². The van der Waals surface area contributed by atoms with Gasteiger partial charge >= 0.3 is 6.03 Å². The largest absolute Gasteiger partial charge is 0.496 e. The molecule has 0 aliphatic rings. The maximum absolute atomic E-state index is 11.9. The third-order valence-electron chi connectivity index (χ3n) is 3.10. The van der Waals surface area contributed by atoms with Crippen LogP contribution in [0.25, 0.3) is 0 Å². The molecule has 2 N–H and O–H groups in total. The molecule has 0 unspecified atom stereocenters. The number of carbonyl (C=O) groups excluding carboxylic acids is 1. The van der Waals surface area contributed by atoms with Crippen molar-refractivity contribution in [1.82, 2.24) is 15.6 Å². The first-order valence-corrected chi connectivity index (χ1v) is 7.96. The number of nitrogens with zero attached hydrogens (tertiary/aromatic N) is 1. The molecule has 22 heavy (non-hydrogen) atoms. The Morgan fingerprint density at radius 1 is 1.32 bits per heavy atom. The van der Waals surface area contributed by atoms with Gasteiger partial charge in [0.1, 0.15) is 5.75 Å². The molecule has 0 atom stereocenters. The Bertz CT molecular complexity index is 673. The van der Waals surface area contributed by atoms with Crippen molar-refractivity contribution in [3.8, 4) is 5.75 Å². The lowest BCUT2D eigenvalue weighted by Crippen LogP contribution is -2.34. The zero-order valence-corrected chi connectivity index (χ0v) is 14.3. The highest BCUT2D eigenvalue weighted by molar-refractivity contribution is 7.11.